The summed E-state index contributed by atoms with van der Waals surface area (Å²) in [6.07, 6.45) is 1.57. The van der Waals surface area contributed by atoms with E-state index in [-0.39, 0.29) is 5.69 Å². The third-order valence-electron chi connectivity index (χ3n) is 2.39. The predicted octanol–water partition coefficient (Wildman–Crippen LogP) is 3.20. The van der Waals surface area contributed by atoms with Crippen molar-refractivity contribution in [1.29, 1.82) is 0 Å². The summed E-state index contributed by atoms with van der Waals surface area (Å²) in [5.41, 5.74) is 1.79. The molecule has 0 saturated heterocycles. The Morgan fingerprint density at radius 2 is 2.12 bits per heavy atom. The van der Waals surface area contributed by atoms with Gasteiger partial charge in [0.2, 0.25) is 0 Å². The van der Waals surface area contributed by atoms with Crippen molar-refractivity contribution < 1.29 is 8.78 Å². The number of alkyl halides is 1. The zero-order chi connectivity index (χ0) is 11.7. The minimum atomic E-state index is -0.646. The molecular formula is C11H9ClF2N2. The molecule has 0 atom stereocenters. The maximum atomic E-state index is 13.5. The van der Waals surface area contributed by atoms with Crippen LogP contribution in [0.4, 0.5) is 8.78 Å². The van der Waals surface area contributed by atoms with E-state index in [2.05, 4.69) is 5.10 Å². The van der Waals surface area contributed by atoms with Crippen molar-refractivity contribution in [2.24, 2.45) is 0 Å². The van der Waals surface area contributed by atoms with Crippen LogP contribution in [0.1, 0.15) is 11.3 Å². The van der Waals surface area contributed by atoms with Crippen molar-refractivity contribution in [1.82, 2.24) is 9.78 Å². The Balaban J connectivity index is 2.54. The highest BCUT2D eigenvalue weighted by Gasteiger charge is 2.11. The van der Waals surface area contributed by atoms with E-state index in [0.717, 1.165) is 17.3 Å². The van der Waals surface area contributed by atoms with Crippen LogP contribution in [0.15, 0.2) is 24.4 Å². The molecule has 0 unspecified atom stereocenters. The van der Waals surface area contributed by atoms with Gasteiger partial charge in [-0.25, -0.2) is 13.5 Å². The molecule has 84 valence electrons. The van der Waals surface area contributed by atoms with Gasteiger partial charge >= 0.3 is 0 Å². The maximum absolute atomic E-state index is 13.5. The van der Waals surface area contributed by atoms with Gasteiger partial charge in [0.1, 0.15) is 11.5 Å². The van der Waals surface area contributed by atoms with Crippen molar-refractivity contribution in [3.05, 3.63) is 47.3 Å². The molecule has 0 fully saturated rings. The molecule has 0 aliphatic carbocycles. The summed E-state index contributed by atoms with van der Waals surface area (Å²) in [7, 11) is 0. The van der Waals surface area contributed by atoms with E-state index in [4.69, 9.17) is 11.6 Å². The van der Waals surface area contributed by atoms with Crippen LogP contribution < -0.4 is 0 Å². The molecule has 0 spiro atoms. The van der Waals surface area contributed by atoms with Crippen molar-refractivity contribution in [2.75, 3.05) is 0 Å². The van der Waals surface area contributed by atoms with Crippen LogP contribution in [-0.4, -0.2) is 9.78 Å². The topological polar surface area (TPSA) is 17.8 Å². The Morgan fingerprint density at radius 1 is 1.38 bits per heavy atom. The Bertz CT molecular complexity index is 523. The summed E-state index contributed by atoms with van der Waals surface area (Å²) in [6, 6.07) is 3.37. The largest absolute Gasteiger partial charge is 0.235 e. The SMILES string of the molecule is Cc1c(CCl)cnn1-c1ccc(F)cc1F. The summed E-state index contributed by atoms with van der Waals surface area (Å²) in [6.45, 7) is 1.79. The lowest BCUT2D eigenvalue weighted by atomic mass is 10.2. The Hall–Kier alpha value is -1.42. The van der Waals surface area contributed by atoms with Crippen LogP contribution in [0.5, 0.6) is 0 Å². The first-order valence-corrected chi connectivity index (χ1v) is 5.22. The van der Waals surface area contributed by atoms with Crippen LogP contribution in [0.3, 0.4) is 0 Å². The van der Waals surface area contributed by atoms with Crippen molar-refractivity contribution in [3.63, 3.8) is 0 Å². The minimum absolute atomic E-state index is 0.218. The Morgan fingerprint density at radius 3 is 2.69 bits per heavy atom. The van der Waals surface area contributed by atoms with Gasteiger partial charge in [-0.3, -0.25) is 0 Å². The minimum Gasteiger partial charge on any atom is -0.235 e. The smallest absolute Gasteiger partial charge is 0.151 e. The lowest BCUT2D eigenvalue weighted by Gasteiger charge is -2.06. The summed E-state index contributed by atoms with van der Waals surface area (Å²) in [4.78, 5) is 0. The second kappa shape index (κ2) is 4.22. The molecule has 1 heterocycles. The molecule has 16 heavy (non-hydrogen) atoms. The first-order chi connectivity index (χ1) is 7.63. The summed E-state index contributed by atoms with van der Waals surface area (Å²) in [5.74, 6) is -0.940. The molecule has 2 aromatic rings. The molecule has 0 N–H and O–H groups in total. The van der Waals surface area contributed by atoms with Crippen molar-refractivity contribution in [2.45, 2.75) is 12.8 Å². The van der Waals surface area contributed by atoms with Gasteiger partial charge in [0.15, 0.2) is 5.82 Å². The molecule has 0 amide bonds. The predicted molar refractivity (Wildman–Crippen MR) is 57.8 cm³/mol. The third kappa shape index (κ3) is 1.80. The van der Waals surface area contributed by atoms with Gasteiger partial charge in [-0.15, -0.1) is 11.6 Å². The van der Waals surface area contributed by atoms with Gasteiger partial charge in [0.25, 0.3) is 0 Å². The fourth-order valence-corrected chi connectivity index (χ4v) is 1.73. The molecule has 0 aliphatic heterocycles. The number of hydrogen-bond acceptors (Lipinski definition) is 1. The zero-order valence-electron chi connectivity index (χ0n) is 8.54. The van der Waals surface area contributed by atoms with Crippen LogP contribution in [0.2, 0.25) is 0 Å². The summed E-state index contributed by atoms with van der Waals surface area (Å²) >= 11 is 5.69. The molecule has 1 aromatic heterocycles. The Labute approximate surface area is 96.5 Å². The van der Waals surface area contributed by atoms with Gasteiger partial charge in [-0.05, 0) is 19.1 Å². The number of rotatable bonds is 2. The Kier molecular flexibility index (Phi) is 2.92. The molecule has 5 heteroatoms. The number of aromatic nitrogens is 2. The van der Waals surface area contributed by atoms with E-state index in [1.165, 1.54) is 16.8 Å². The molecule has 1 aromatic carbocycles. The fraction of sp³-hybridized carbons (Fsp3) is 0.182. The monoisotopic (exact) mass is 242 g/mol. The molecule has 0 radical (unpaired) electrons. The van der Waals surface area contributed by atoms with E-state index in [9.17, 15) is 8.78 Å². The maximum Gasteiger partial charge on any atom is 0.151 e. The molecular weight excluding hydrogens is 234 g/mol. The molecule has 0 saturated carbocycles. The highest BCUT2D eigenvalue weighted by molar-refractivity contribution is 6.17. The quantitative estimate of drug-likeness (QED) is 0.740. The third-order valence-corrected chi connectivity index (χ3v) is 2.68. The second-order valence-electron chi connectivity index (χ2n) is 3.40. The van der Waals surface area contributed by atoms with Gasteiger partial charge in [0, 0.05) is 17.3 Å². The second-order valence-corrected chi connectivity index (χ2v) is 3.66. The van der Waals surface area contributed by atoms with Gasteiger partial charge in [-0.2, -0.15) is 5.10 Å². The fourth-order valence-electron chi connectivity index (χ4n) is 1.47. The van der Waals surface area contributed by atoms with Crippen molar-refractivity contribution >= 4 is 11.6 Å². The first-order valence-electron chi connectivity index (χ1n) is 4.68. The average Bonchev–Trinajstić information content (AvgIpc) is 2.60. The van der Waals surface area contributed by atoms with Gasteiger partial charge in [-0.1, -0.05) is 0 Å². The summed E-state index contributed by atoms with van der Waals surface area (Å²) in [5, 5.41) is 4.02. The number of nitrogens with zero attached hydrogens (tertiary/aromatic N) is 2. The molecule has 2 rings (SSSR count). The standard InChI is InChI=1S/C11H9ClF2N2/c1-7-8(5-12)6-15-16(7)11-3-2-9(13)4-10(11)14/h2-4,6H,5H2,1H3. The van der Waals surface area contributed by atoms with Crippen LogP contribution in [0.25, 0.3) is 5.69 Å². The van der Waals surface area contributed by atoms with Gasteiger partial charge < -0.3 is 0 Å². The van der Waals surface area contributed by atoms with E-state index in [0.29, 0.717) is 5.88 Å². The van der Waals surface area contributed by atoms with E-state index >= 15 is 0 Å². The highest BCUT2D eigenvalue weighted by atomic mass is 35.5. The summed E-state index contributed by atoms with van der Waals surface area (Å²) < 4.78 is 27.6. The highest BCUT2D eigenvalue weighted by Crippen LogP contribution is 2.18. The van der Waals surface area contributed by atoms with E-state index < -0.39 is 11.6 Å². The van der Waals surface area contributed by atoms with Gasteiger partial charge in [0.05, 0.1) is 12.1 Å². The lowest BCUT2D eigenvalue weighted by Crippen LogP contribution is -2.02. The van der Waals surface area contributed by atoms with Crippen LogP contribution in [0, 0.1) is 18.6 Å². The van der Waals surface area contributed by atoms with Crippen molar-refractivity contribution in [3.8, 4) is 5.69 Å². The molecule has 0 aliphatic rings. The van der Waals surface area contributed by atoms with E-state index in [1.54, 1.807) is 13.1 Å². The number of halogens is 3. The lowest BCUT2D eigenvalue weighted by molar-refractivity contribution is 0.572. The van der Waals surface area contributed by atoms with E-state index in [1.807, 2.05) is 0 Å². The molecule has 0 bridgehead atoms. The van der Waals surface area contributed by atoms with Crippen LogP contribution >= 0.6 is 11.6 Å². The number of hydrogen-bond donors (Lipinski definition) is 0. The number of benzene rings is 1. The molecule has 2 nitrogen and oxygen atoms in total. The zero-order valence-corrected chi connectivity index (χ0v) is 9.30. The first kappa shape index (κ1) is 11.1. The normalized spacial score (nSPS) is 10.8. The average molecular weight is 243 g/mol. The van der Waals surface area contributed by atoms with Crippen LogP contribution in [-0.2, 0) is 5.88 Å².